The Bertz CT molecular complexity index is 229. The van der Waals surface area contributed by atoms with Gasteiger partial charge in [0.25, 0.3) is 5.78 Å². The predicted molar refractivity (Wildman–Crippen MR) is 55.3 cm³/mol. The van der Waals surface area contributed by atoms with E-state index in [0.717, 1.165) is 12.8 Å². The Hall–Kier alpha value is -0.870. The molecule has 0 fully saturated rings. The van der Waals surface area contributed by atoms with E-state index in [1.165, 1.54) is 0 Å². The lowest BCUT2D eigenvalue weighted by molar-refractivity contribution is -0.167. The quantitative estimate of drug-likeness (QED) is 0.631. The highest BCUT2D eigenvalue weighted by atomic mass is 16.7. The summed E-state index contributed by atoms with van der Waals surface area (Å²) in [7, 11) is 0. The first-order valence-corrected chi connectivity index (χ1v) is 5.40. The topological polar surface area (TPSA) is 44.8 Å². The molecule has 86 valence electrons. The zero-order chi connectivity index (χ0) is 11.1. The molecule has 1 rings (SSSR count). The smallest absolute Gasteiger partial charge is 0.252 e. The normalized spacial score (nSPS) is 16.1. The third-order valence-corrected chi connectivity index (χ3v) is 2.03. The maximum atomic E-state index is 11.8. The molecule has 1 heterocycles. The van der Waals surface area contributed by atoms with Crippen LogP contribution in [-0.4, -0.2) is 31.9 Å². The van der Waals surface area contributed by atoms with Gasteiger partial charge in [-0.1, -0.05) is 0 Å². The Morgan fingerprint density at radius 3 is 2.60 bits per heavy atom. The molecule has 0 atom stereocenters. The lowest BCUT2D eigenvalue weighted by Crippen LogP contribution is -2.30. The maximum Gasteiger partial charge on any atom is 0.252 e. The summed E-state index contributed by atoms with van der Waals surface area (Å²) in [4.78, 5) is 11.8. The second kappa shape index (κ2) is 6.58. The average molecular weight is 214 g/mol. The Kier molecular flexibility index (Phi) is 5.36. The van der Waals surface area contributed by atoms with E-state index in [1.807, 2.05) is 13.8 Å². The van der Waals surface area contributed by atoms with Gasteiger partial charge in [-0.25, -0.2) is 0 Å². The minimum absolute atomic E-state index is 0.210. The monoisotopic (exact) mass is 214 g/mol. The highest BCUT2D eigenvalue weighted by Gasteiger charge is 2.25. The summed E-state index contributed by atoms with van der Waals surface area (Å²) in [6.07, 6.45) is 2.83. The first kappa shape index (κ1) is 12.2. The van der Waals surface area contributed by atoms with Gasteiger partial charge < -0.3 is 14.2 Å². The van der Waals surface area contributed by atoms with Crippen molar-refractivity contribution in [2.45, 2.75) is 33.0 Å². The van der Waals surface area contributed by atoms with Gasteiger partial charge in [-0.15, -0.1) is 0 Å². The molecule has 0 spiro atoms. The number of carbonyl (C=O) groups is 1. The molecule has 15 heavy (non-hydrogen) atoms. The van der Waals surface area contributed by atoms with Gasteiger partial charge in [0.2, 0.25) is 6.29 Å². The van der Waals surface area contributed by atoms with Crippen LogP contribution in [0.1, 0.15) is 26.7 Å². The fraction of sp³-hybridized carbons (Fsp3) is 0.727. The maximum absolute atomic E-state index is 11.8. The molecule has 0 aromatic rings. The molecule has 0 N–H and O–H groups in total. The number of Topliss-reactive ketones (excluding diaryl/α,β-unsaturated/α-hetero) is 1. The van der Waals surface area contributed by atoms with Gasteiger partial charge in [0, 0.05) is 13.2 Å². The summed E-state index contributed by atoms with van der Waals surface area (Å²) < 4.78 is 15.7. The van der Waals surface area contributed by atoms with Crippen molar-refractivity contribution in [3.05, 3.63) is 11.8 Å². The molecule has 4 heteroatoms. The molecule has 0 aromatic carbocycles. The van der Waals surface area contributed by atoms with E-state index < -0.39 is 6.29 Å². The Balaban J connectivity index is 2.57. The average Bonchev–Trinajstić information content (AvgIpc) is 2.29. The van der Waals surface area contributed by atoms with Crippen LogP contribution in [-0.2, 0) is 19.0 Å². The first-order chi connectivity index (χ1) is 7.29. The van der Waals surface area contributed by atoms with Crippen molar-refractivity contribution in [2.24, 2.45) is 0 Å². The molecule has 1 aliphatic rings. The number of hydrogen-bond acceptors (Lipinski definition) is 4. The number of ether oxygens (including phenoxy) is 3. The summed E-state index contributed by atoms with van der Waals surface area (Å²) in [6.45, 7) is 5.15. The van der Waals surface area contributed by atoms with Crippen molar-refractivity contribution in [3.8, 4) is 0 Å². The third kappa shape index (κ3) is 3.64. The molecular weight excluding hydrogens is 196 g/mol. The second-order valence-corrected chi connectivity index (χ2v) is 3.17. The summed E-state index contributed by atoms with van der Waals surface area (Å²) in [5.41, 5.74) is 0. The van der Waals surface area contributed by atoms with Gasteiger partial charge >= 0.3 is 0 Å². The van der Waals surface area contributed by atoms with Crippen LogP contribution in [0.15, 0.2) is 11.8 Å². The van der Waals surface area contributed by atoms with Crippen LogP contribution >= 0.6 is 0 Å². The number of carbonyl (C=O) groups excluding carboxylic acids is 1. The minimum atomic E-state index is -0.815. The standard InChI is InChI=1S/C11H18O4/c1-3-13-11(14-4-2)10(12)9-7-5-6-8-15-9/h7,11H,3-6,8H2,1-2H3. The van der Waals surface area contributed by atoms with Crippen LogP contribution in [0.25, 0.3) is 0 Å². The highest BCUT2D eigenvalue weighted by molar-refractivity contribution is 5.96. The van der Waals surface area contributed by atoms with Crippen LogP contribution in [0.3, 0.4) is 0 Å². The first-order valence-electron chi connectivity index (χ1n) is 5.40. The van der Waals surface area contributed by atoms with E-state index in [4.69, 9.17) is 14.2 Å². The van der Waals surface area contributed by atoms with E-state index in [1.54, 1.807) is 6.08 Å². The Morgan fingerprint density at radius 1 is 1.47 bits per heavy atom. The molecular formula is C11H18O4. The molecule has 0 unspecified atom stereocenters. The molecule has 4 nitrogen and oxygen atoms in total. The van der Waals surface area contributed by atoms with Crippen LogP contribution in [0.4, 0.5) is 0 Å². The predicted octanol–water partition coefficient (Wildman–Crippen LogP) is 1.65. The lowest BCUT2D eigenvalue weighted by atomic mass is 10.2. The molecule has 0 aromatic heterocycles. The molecule has 0 saturated carbocycles. The number of allylic oxidation sites excluding steroid dienone is 1. The van der Waals surface area contributed by atoms with E-state index in [-0.39, 0.29) is 5.78 Å². The van der Waals surface area contributed by atoms with Crippen molar-refractivity contribution < 1.29 is 19.0 Å². The van der Waals surface area contributed by atoms with Gasteiger partial charge in [0.05, 0.1) is 6.61 Å². The van der Waals surface area contributed by atoms with Crippen molar-refractivity contribution in [1.82, 2.24) is 0 Å². The third-order valence-electron chi connectivity index (χ3n) is 2.03. The van der Waals surface area contributed by atoms with Gasteiger partial charge in [0.15, 0.2) is 5.76 Å². The van der Waals surface area contributed by atoms with Crippen molar-refractivity contribution in [2.75, 3.05) is 19.8 Å². The number of hydrogen-bond donors (Lipinski definition) is 0. The minimum Gasteiger partial charge on any atom is -0.490 e. The fourth-order valence-electron chi connectivity index (χ4n) is 1.35. The lowest BCUT2D eigenvalue weighted by Gasteiger charge is -2.19. The SMILES string of the molecule is CCOC(OCC)C(=O)C1=CCCCO1. The number of rotatable bonds is 6. The molecule has 0 radical (unpaired) electrons. The van der Waals surface area contributed by atoms with Crippen molar-refractivity contribution in [1.29, 1.82) is 0 Å². The molecule has 0 bridgehead atoms. The Morgan fingerprint density at radius 2 is 2.13 bits per heavy atom. The van der Waals surface area contributed by atoms with Crippen molar-refractivity contribution >= 4 is 5.78 Å². The molecule has 1 aliphatic heterocycles. The van der Waals surface area contributed by atoms with E-state index in [9.17, 15) is 4.79 Å². The zero-order valence-corrected chi connectivity index (χ0v) is 9.32. The zero-order valence-electron chi connectivity index (χ0n) is 9.32. The Labute approximate surface area is 90.2 Å². The molecule has 0 saturated heterocycles. The van der Waals surface area contributed by atoms with Crippen LogP contribution in [0.5, 0.6) is 0 Å². The van der Waals surface area contributed by atoms with Crippen LogP contribution in [0, 0.1) is 0 Å². The summed E-state index contributed by atoms with van der Waals surface area (Å²) in [5.74, 6) is 0.173. The van der Waals surface area contributed by atoms with E-state index >= 15 is 0 Å². The fourth-order valence-corrected chi connectivity index (χ4v) is 1.35. The largest absolute Gasteiger partial charge is 0.490 e. The van der Waals surface area contributed by atoms with Gasteiger partial charge in [-0.3, -0.25) is 4.79 Å². The summed E-state index contributed by atoms with van der Waals surface area (Å²) in [5, 5.41) is 0. The van der Waals surface area contributed by atoms with Gasteiger partial charge in [-0.2, -0.15) is 0 Å². The molecule has 0 amide bonds. The summed E-state index contributed by atoms with van der Waals surface area (Å²) >= 11 is 0. The summed E-state index contributed by atoms with van der Waals surface area (Å²) in [6, 6.07) is 0. The van der Waals surface area contributed by atoms with E-state index in [0.29, 0.717) is 25.6 Å². The number of ketones is 1. The van der Waals surface area contributed by atoms with Crippen LogP contribution < -0.4 is 0 Å². The second-order valence-electron chi connectivity index (χ2n) is 3.17. The van der Waals surface area contributed by atoms with E-state index in [2.05, 4.69) is 0 Å². The van der Waals surface area contributed by atoms with Gasteiger partial charge in [-0.05, 0) is 32.8 Å². The highest BCUT2D eigenvalue weighted by Crippen LogP contribution is 2.14. The van der Waals surface area contributed by atoms with Crippen molar-refractivity contribution in [3.63, 3.8) is 0 Å². The molecule has 0 aliphatic carbocycles. The van der Waals surface area contributed by atoms with Gasteiger partial charge in [0.1, 0.15) is 0 Å². The van der Waals surface area contributed by atoms with Crippen LogP contribution in [0.2, 0.25) is 0 Å².